The first-order valence-electron chi connectivity index (χ1n) is 8.01. The van der Waals surface area contributed by atoms with Crippen molar-refractivity contribution < 1.29 is 14.9 Å². The number of aliphatic hydroxyl groups excluding tert-OH is 1. The van der Waals surface area contributed by atoms with Gasteiger partial charge in [-0.3, -0.25) is 4.79 Å². The second-order valence-corrected chi connectivity index (χ2v) is 6.39. The smallest absolute Gasteiger partial charge is 0.252 e. The molecule has 0 aromatic carbocycles. The molecule has 0 saturated carbocycles. The summed E-state index contributed by atoms with van der Waals surface area (Å²) in [6.45, 7) is 1.25. The zero-order valence-corrected chi connectivity index (χ0v) is 12.7. The maximum Gasteiger partial charge on any atom is 0.252 e. The molecule has 3 rings (SSSR count). The van der Waals surface area contributed by atoms with Crippen molar-refractivity contribution in [2.24, 2.45) is 0 Å². The zero-order chi connectivity index (χ0) is 15.6. The number of hydrogen-bond donors (Lipinski definition) is 4. The van der Waals surface area contributed by atoms with E-state index in [4.69, 9.17) is 4.74 Å². The molecule has 1 saturated heterocycles. The predicted molar refractivity (Wildman–Crippen MR) is 81.8 cm³/mol. The van der Waals surface area contributed by atoms with Gasteiger partial charge in [0.05, 0.1) is 12.7 Å². The molecule has 0 radical (unpaired) electrons. The molecule has 1 aliphatic heterocycles. The van der Waals surface area contributed by atoms with Crippen LogP contribution in [0.1, 0.15) is 36.1 Å². The van der Waals surface area contributed by atoms with Crippen LogP contribution >= 0.6 is 0 Å². The molecule has 122 valence electrons. The van der Waals surface area contributed by atoms with E-state index in [9.17, 15) is 15.0 Å². The number of aliphatic hydroxyl groups is 2. The van der Waals surface area contributed by atoms with Gasteiger partial charge in [-0.05, 0) is 37.3 Å². The van der Waals surface area contributed by atoms with Crippen molar-refractivity contribution in [1.82, 2.24) is 10.3 Å². The third kappa shape index (κ3) is 3.25. The third-order valence-corrected chi connectivity index (χ3v) is 4.72. The minimum atomic E-state index is -1.17. The Morgan fingerprint density at radius 3 is 3.00 bits per heavy atom. The van der Waals surface area contributed by atoms with Crippen LogP contribution in [0.15, 0.2) is 10.9 Å². The summed E-state index contributed by atoms with van der Waals surface area (Å²) in [4.78, 5) is 15.0. The predicted octanol–water partition coefficient (Wildman–Crippen LogP) is -0.144. The van der Waals surface area contributed by atoms with Gasteiger partial charge in [0.1, 0.15) is 5.60 Å². The summed E-state index contributed by atoms with van der Waals surface area (Å²) in [6, 6.07) is 1.97. The summed E-state index contributed by atoms with van der Waals surface area (Å²) in [5.41, 5.74) is 1.74. The van der Waals surface area contributed by atoms with Crippen LogP contribution in [0.3, 0.4) is 0 Å². The second-order valence-electron chi connectivity index (χ2n) is 6.39. The summed E-state index contributed by atoms with van der Waals surface area (Å²) in [5, 5.41) is 23.3. The molecule has 2 aliphatic rings. The van der Waals surface area contributed by atoms with Crippen LogP contribution in [0.25, 0.3) is 0 Å². The van der Waals surface area contributed by atoms with Crippen molar-refractivity contribution in [2.45, 2.75) is 50.4 Å². The van der Waals surface area contributed by atoms with Crippen LogP contribution < -0.4 is 10.9 Å². The molecule has 0 amide bonds. The Morgan fingerprint density at radius 2 is 2.23 bits per heavy atom. The lowest BCUT2D eigenvalue weighted by molar-refractivity contribution is -0.0748. The number of H-pyrrole nitrogens is 1. The molecule has 6 heteroatoms. The van der Waals surface area contributed by atoms with E-state index in [-0.39, 0.29) is 18.7 Å². The fourth-order valence-electron chi connectivity index (χ4n) is 3.22. The maximum atomic E-state index is 12.1. The third-order valence-electron chi connectivity index (χ3n) is 4.72. The fourth-order valence-corrected chi connectivity index (χ4v) is 3.22. The number of nitrogens with one attached hydrogen (secondary N) is 2. The Balaban J connectivity index is 1.58. The molecule has 22 heavy (non-hydrogen) atoms. The average molecular weight is 308 g/mol. The Bertz CT molecular complexity index is 578. The Morgan fingerprint density at radius 1 is 1.41 bits per heavy atom. The quantitative estimate of drug-likeness (QED) is 0.607. The highest BCUT2D eigenvalue weighted by atomic mass is 16.5. The number of aryl methyl sites for hydroxylation is 2. The standard InChI is InChI=1S/C16H24N2O4/c19-14(16(21)5-6-22-10-16)9-17-8-12-7-11-3-1-2-4-13(11)18-15(12)20/h7,14,17,19,21H,1-6,8-10H2,(H,18,20). The normalized spacial score (nSPS) is 25.9. The van der Waals surface area contributed by atoms with Gasteiger partial charge in [-0.2, -0.15) is 0 Å². The fraction of sp³-hybridized carbons (Fsp3) is 0.688. The van der Waals surface area contributed by atoms with Gasteiger partial charge in [0, 0.05) is 37.4 Å². The molecule has 6 nitrogen and oxygen atoms in total. The Hall–Kier alpha value is -1.21. The number of aromatic nitrogens is 1. The first-order valence-corrected chi connectivity index (χ1v) is 8.01. The Kier molecular flexibility index (Phi) is 4.63. The number of aromatic amines is 1. The van der Waals surface area contributed by atoms with Crippen LogP contribution in [0.2, 0.25) is 0 Å². The number of hydrogen-bond acceptors (Lipinski definition) is 5. The van der Waals surface area contributed by atoms with Crippen molar-refractivity contribution >= 4 is 0 Å². The number of ether oxygens (including phenoxy) is 1. The monoisotopic (exact) mass is 308 g/mol. The lowest BCUT2D eigenvalue weighted by Gasteiger charge is -2.27. The van der Waals surface area contributed by atoms with Gasteiger partial charge in [-0.15, -0.1) is 0 Å². The zero-order valence-electron chi connectivity index (χ0n) is 12.7. The van der Waals surface area contributed by atoms with Crippen molar-refractivity contribution in [1.29, 1.82) is 0 Å². The highest BCUT2D eigenvalue weighted by Gasteiger charge is 2.39. The summed E-state index contributed by atoms with van der Waals surface area (Å²) < 4.78 is 5.13. The van der Waals surface area contributed by atoms with Crippen LogP contribution in [-0.4, -0.2) is 46.7 Å². The van der Waals surface area contributed by atoms with Crippen LogP contribution in [0.5, 0.6) is 0 Å². The summed E-state index contributed by atoms with van der Waals surface area (Å²) in [5.74, 6) is 0. The molecule has 2 heterocycles. The molecule has 1 aromatic heterocycles. The van der Waals surface area contributed by atoms with E-state index >= 15 is 0 Å². The van der Waals surface area contributed by atoms with Crippen molar-refractivity contribution in [3.63, 3.8) is 0 Å². The summed E-state index contributed by atoms with van der Waals surface area (Å²) in [6.07, 6.45) is 3.80. The minimum Gasteiger partial charge on any atom is -0.389 e. The second kappa shape index (κ2) is 6.50. The summed E-state index contributed by atoms with van der Waals surface area (Å²) in [7, 11) is 0. The molecule has 0 spiro atoms. The maximum absolute atomic E-state index is 12.1. The Labute approximate surface area is 129 Å². The van der Waals surface area contributed by atoms with Gasteiger partial charge in [0.15, 0.2) is 0 Å². The molecular weight excluding hydrogens is 284 g/mol. The number of pyridine rings is 1. The largest absolute Gasteiger partial charge is 0.389 e. The summed E-state index contributed by atoms with van der Waals surface area (Å²) >= 11 is 0. The van der Waals surface area contributed by atoms with Gasteiger partial charge < -0.3 is 25.3 Å². The van der Waals surface area contributed by atoms with Gasteiger partial charge >= 0.3 is 0 Å². The van der Waals surface area contributed by atoms with Crippen LogP contribution in [-0.2, 0) is 24.1 Å². The lowest BCUT2D eigenvalue weighted by atomic mass is 9.94. The molecule has 1 aliphatic carbocycles. The SMILES string of the molecule is O=c1[nH]c2c(cc1CNCC(O)C1(O)CCOC1)CCCC2. The van der Waals surface area contributed by atoms with Gasteiger partial charge in [0.2, 0.25) is 0 Å². The van der Waals surface area contributed by atoms with Gasteiger partial charge in [-0.25, -0.2) is 0 Å². The van der Waals surface area contributed by atoms with Crippen molar-refractivity contribution in [3.8, 4) is 0 Å². The lowest BCUT2D eigenvalue weighted by Crippen LogP contribution is -2.48. The number of rotatable bonds is 5. The van der Waals surface area contributed by atoms with Crippen LogP contribution in [0.4, 0.5) is 0 Å². The van der Waals surface area contributed by atoms with E-state index < -0.39 is 11.7 Å². The minimum absolute atomic E-state index is 0.0643. The van der Waals surface area contributed by atoms with Crippen LogP contribution in [0, 0.1) is 0 Å². The molecule has 2 atom stereocenters. The van der Waals surface area contributed by atoms with E-state index in [0.29, 0.717) is 25.1 Å². The van der Waals surface area contributed by atoms with Crippen molar-refractivity contribution in [2.75, 3.05) is 19.8 Å². The highest BCUT2D eigenvalue weighted by Crippen LogP contribution is 2.22. The van der Waals surface area contributed by atoms with E-state index in [1.807, 2.05) is 6.07 Å². The first kappa shape index (κ1) is 15.7. The molecule has 0 bridgehead atoms. The van der Waals surface area contributed by atoms with Crippen molar-refractivity contribution in [3.05, 3.63) is 33.2 Å². The van der Waals surface area contributed by atoms with E-state index in [0.717, 1.165) is 31.4 Å². The highest BCUT2D eigenvalue weighted by molar-refractivity contribution is 5.27. The molecule has 2 unspecified atom stereocenters. The first-order chi connectivity index (χ1) is 10.6. The van der Waals surface area contributed by atoms with E-state index in [2.05, 4.69) is 10.3 Å². The molecular formula is C16H24N2O4. The number of fused-ring (bicyclic) bond motifs is 1. The molecule has 1 fully saturated rings. The van der Waals surface area contributed by atoms with E-state index in [1.165, 1.54) is 5.56 Å². The topological polar surface area (TPSA) is 94.6 Å². The molecule has 4 N–H and O–H groups in total. The van der Waals surface area contributed by atoms with Gasteiger partial charge in [0.25, 0.3) is 5.56 Å². The van der Waals surface area contributed by atoms with E-state index in [1.54, 1.807) is 0 Å². The molecule has 1 aromatic rings. The average Bonchev–Trinajstić information content (AvgIpc) is 2.96. The van der Waals surface area contributed by atoms with Gasteiger partial charge in [-0.1, -0.05) is 0 Å².